The zero-order chi connectivity index (χ0) is 35.6. The van der Waals surface area contributed by atoms with Crippen LogP contribution in [0, 0.1) is 13.8 Å². The number of benzene rings is 4. The predicted molar refractivity (Wildman–Crippen MR) is 160 cm³/mol. The first-order valence-corrected chi connectivity index (χ1v) is 16.0. The number of hydrogen-bond donors (Lipinski definition) is 2. The van der Waals surface area contributed by atoms with Gasteiger partial charge in [-0.3, -0.25) is 0 Å². The minimum Gasteiger partial charge on any atom is -0.744 e. The number of carbonyl (C=O) groups is 2. The molecule has 0 aliphatic heterocycles. The molecule has 0 amide bonds. The van der Waals surface area contributed by atoms with Crippen LogP contribution in [0.3, 0.4) is 0 Å². The second-order valence-electron chi connectivity index (χ2n) is 9.98. The summed E-state index contributed by atoms with van der Waals surface area (Å²) >= 11 is 0. The Balaban J connectivity index is 0.00000650. The summed E-state index contributed by atoms with van der Waals surface area (Å²) in [5.41, 5.74) is -1.73. The molecule has 0 saturated carbocycles. The minimum absolute atomic E-state index is 0. The molecule has 52 heavy (non-hydrogen) atoms. The molecule has 0 spiro atoms. The van der Waals surface area contributed by atoms with Crippen LogP contribution in [-0.4, -0.2) is 48.1 Å². The Morgan fingerprint density at radius 1 is 0.596 bits per heavy atom. The van der Waals surface area contributed by atoms with Gasteiger partial charge in [-0.25, -0.2) is 16.8 Å². The van der Waals surface area contributed by atoms with Crippen LogP contribution in [0.4, 0.5) is 22.7 Å². The Hall–Kier alpha value is -3.43. The van der Waals surface area contributed by atoms with E-state index in [-0.39, 0.29) is 126 Å². The Morgan fingerprint density at radius 3 is 1.48 bits per heavy atom. The first-order chi connectivity index (χ1) is 22.3. The van der Waals surface area contributed by atoms with Crippen LogP contribution >= 0.6 is 0 Å². The number of azo groups is 2. The summed E-state index contributed by atoms with van der Waals surface area (Å²) in [7, 11) is -10.3. The average molecular weight is 720 g/mol. The molecule has 0 radical (unpaired) electrons. The Labute approximate surface area is 345 Å². The normalized spacial score (nSPS) is 11.4. The fraction of sp³-hybridized carbons (Fsp3) is 0.0667. The Bertz CT molecular complexity index is 2320. The number of rotatable bonds is 10. The molecule has 22 heteroatoms. The van der Waals surface area contributed by atoms with Crippen LogP contribution in [0.5, 0.6) is 11.5 Å². The number of aromatic hydroxyl groups is 2. The molecule has 0 unspecified atom stereocenters. The standard InChI is InChI=1S/C30H24N4O12S2.4Li/c1-15-10-22(35)14-23(29(37)38)27(15)34-32-20-8-6-18(26(13-20)48(44,45)46)4-3-17-5-7-19(12-25(17)47(41,42)43)31-33-21-9-16(2)28(36)24(11-21)30(39)40;;;;/h3-14,35-36H,1-2H3,(H,37,38)(H,39,40)(H,41,42,43)(H,44,45,46);;;;/q;4*+1/p-4. The molecule has 0 aromatic heterocycles. The monoisotopic (exact) mass is 720 g/mol. The second kappa shape index (κ2) is 19.6. The molecule has 0 bridgehead atoms. The van der Waals surface area contributed by atoms with Gasteiger partial charge in [0.25, 0.3) is 0 Å². The van der Waals surface area contributed by atoms with Crippen LogP contribution < -0.4 is 85.7 Å². The predicted octanol–water partition coefficient (Wildman–Crippen LogP) is -8.73. The summed E-state index contributed by atoms with van der Waals surface area (Å²) in [5, 5.41) is 57.5. The number of nitrogens with zero attached hydrogens (tertiary/aromatic N) is 4. The van der Waals surface area contributed by atoms with Crippen LogP contribution in [-0.2, 0) is 20.2 Å². The zero-order valence-electron chi connectivity index (χ0n) is 28.5. The summed E-state index contributed by atoms with van der Waals surface area (Å²) in [6, 6.07) is 10.8. The first kappa shape index (κ1) is 48.6. The van der Waals surface area contributed by atoms with Gasteiger partial charge < -0.3 is 39.1 Å². The van der Waals surface area contributed by atoms with E-state index in [1.165, 1.54) is 38.1 Å². The van der Waals surface area contributed by atoms with Gasteiger partial charge in [0.2, 0.25) is 0 Å². The molecule has 16 nitrogen and oxygen atoms in total. The molecule has 0 aliphatic carbocycles. The van der Waals surface area contributed by atoms with Gasteiger partial charge in [0, 0.05) is 11.1 Å². The van der Waals surface area contributed by atoms with Gasteiger partial charge in [-0.1, -0.05) is 24.3 Å². The number of phenols is 2. The summed E-state index contributed by atoms with van der Waals surface area (Å²) in [6.07, 6.45) is 2.11. The summed E-state index contributed by atoms with van der Waals surface area (Å²) in [6.45, 7) is 2.83. The Kier molecular flexibility index (Phi) is 18.3. The molecule has 4 rings (SSSR count). The number of aryl methyl sites for hydroxylation is 2. The molecule has 0 atom stereocenters. The fourth-order valence-electron chi connectivity index (χ4n) is 4.30. The molecule has 0 aliphatic rings. The number of carboxylic acids is 2. The maximum Gasteiger partial charge on any atom is 1.00 e. The van der Waals surface area contributed by atoms with Gasteiger partial charge in [0.1, 0.15) is 31.7 Å². The van der Waals surface area contributed by atoms with E-state index >= 15 is 0 Å². The number of carboxylic acid groups (broad SMARTS) is 2. The molecule has 2 N–H and O–H groups in total. The summed E-state index contributed by atoms with van der Waals surface area (Å²) < 4.78 is 72.5. The summed E-state index contributed by atoms with van der Waals surface area (Å²) in [4.78, 5) is 21.1. The van der Waals surface area contributed by atoms with Crippen LogP contribution in [0.15, 0.2) is 90.9 Å². The van der Waals surface area contributed by atoms with Gasteiger partial charge in [-0.05, 0) is 84.6 Å². The maximum atomic E-state index is 12.1. The third-order valence-electron chi connectivity index (χ3n) is 6.53. The van der Waals surface area contributed by atoms with Crippen LogP contribution in [0.2, 0.25) is 0 Å². The van der Waals surface area contributed by atoms with Gasteiger partial charge in [-0.15, -0.1) is 5.11 Å². The van der Waals surface area contributed by atoms with Crippen molar-refractivity contribution in [3.63, 3.8) is 0 Å². The molecule has 248 valence electrons. The number of phenolic OH excluding ortho intramolecular Hbond substituents is 1. The zero-order valence-corrected chi connectivity index (χ0v) is 30.1. The van der Waals surface area contributed by atoms with Crippen molar-refractivity contribution in [1.29, 1.82) is 0 Å². The van der Waals surface area contributed by atoms with Crippen molar-refractivity contribution in [2.75, 3.05) is 0 Å². The van der Waals surface area contributed by atoms with E-state index in [0.717, 1.165) is 48.6 Å². The molecule has 0 heterocycles. The SMILES string of the molecule is Cc1cc(N=Nc2ccc(C=Cc3ccc(N=Nc4c(C)cc(O)cc4C(=O)[O-])cc3S(=O)(=O)[O-])c(S(=O)(=O)[O-])c2)cc(C(=O)[O-])c1O.[Li+].[Li+].[Li+].[Li+]. The van der Waals surface area contributed by atoms with Crippen LogP contribution in [0.1, 0.15) is 43.0 Å². The van der Waals surface area contributed by atoms with Crippen molar-refractivity contribution >= 4 is 67.1 Å². The van der Waals surface area contributed by atoms with Crippen LogP contribution in [0.25, 0.3) is 12.2 Å². The van der Waals surface area contributed by atoms with Crippen molar-refractivity contribution in [2.45, 2.75) is 23.6 Å². The van der Waals surface area contributed by atoms with Crippen molar-refractivity contribution in [1.82, 2.24) is 0 Å². The second-order valence-corrected chi connectivity index (χ2v) is 12.7. The largest absolute Gasteiger partial charge is 1.00 e. The quantitative estimate of drug-likeness (QED) is 0.0669. The van der Waals surface area contributed by atoms with Crippen molar-refractivity contribution in [3.05, 3.63) is 94.0 Å². The molecular weight excluding hydrogens is 700 g/mol. The van der Waals surface area contributed by atoms with E-state index < -0.39 is 58.8 Å². The third-order valence-corrected chi connectivity index (χ3v) is 8.32. The van der Waals surface area contributed by atoms with Gasteiger partial charge in [0.15, 0.2) is 0 Å². The van der Waals surface area contributed by atoms with Crippen molar-refractivity contribution in [2.24, 2.45) is 20.5 Å². The van der Waals surface area contributed by atoms with E-state index in [1.807, 2.05) is 0 Å². The van der Waals surface area contributed by atoms with E-state index in [2.05, 4.69) is 20.5 Å². The summed E-state index contributed by atoms with van der Waals surface area (Å²) in [5.74, 6) is -4.24. The molecule has 4 aromatic rings. The van der Waals surface area contributed by atoms with Crippen molar-refractivity contribution < 1.29 is 131 Å². The van der Waals surface area contributed by atoms with Gasteiger partial charge >= 0.3 is 75.4 Å². The Morgan fingerprint density at radius 2 is 1.04 bits per heavy atom. The van der Waals surface area contributed by atoms with E-state index in [1.54, 1.807) is 0 Å². The molecular formula is C30H20Li4N4O12S2. The molecule has 0 saturated heterocycles. The molecule has 4 aromatic carbocycles. The fourth-order valence-corrected chi connectivity index (χ4v) is 5.68. The van der Waals surface area contributed by atoms with Gasteiger partial charge in [0.05, 0.1) is 44.5 Å². The smallest absolute Gasteiger partial charge is 0.744 e. The van der Waals surface area contributed by atoms with E-state index in [0.29, 0.717) is 0 Å². The number of hydrogen-bond acceptors (Lipinski definition) is 16. The van der Waals surface area contributed by atoms with Crippen molar-refractivity contribution in [3.8, 4) is 11.5 Å². The topological polar surface area (TPSA) is 285 Å². The first-order valence-electron chi connectivity index (χ1n) is 13.2. The minimum atomic E-state index is -5.18. The van der Waals surface area contributed by atoms with E-state index in [9.17, 15) is 56.0 Å². The maximum absolute atomic E-state index is 12.1. The third kappa shape index (κ3) is 12.1. The average Bonchev–Trinajstić information content (AvgIpc) is 2.99. The molecule has 0 fully saturated rings. The van der Waals surface area contributed by atoms with Gasteiger partial charge in [-0.2, -0.15) is 15.3 Å². The number of aromatic carboxylic acids is 2. The number of carbonyl (C=O) groups excluding carboxylic acids is 2. The van der Waals surface area contributed by atoms with E-state index in [4.69, 9.17) is 0 Å².